The first kappa shape index (κ1) is 12.3. The Balaban J connectivity index is 2.10. The molecule has 1 atom stereocenters. The summed E-state index contributed by atoms with van der Waals surface area (Å²) >= 11 is 0. The highest BCUT2D eigenvalue weighted by Gasteiger charge is 2.30. The monoisotopic (exact) mass is 272 g/mol. The highest BCUT2D eigenvalue weighted by atomic mass is 16.6. The van der Waals surface area contributed by atoms with Crippen LogP contribution in [0.15, 0.2) is 24.3 Å². The lowest BCUT2D eigenvalue weighted by molar-refractivity contribution is -0.384. The number of nitrogens with zero attached hydrogens (tertiary/aromatic N) is 2. The molecule has 0 bridgehead atoms. The third-order valence-electron chi connectivity index (χ3n) is 3.47. The molecule has 1 aliphatic rings. The zero-order valence-corrected chi connectivity index (χ0v) is 10.7. The van der Waals surface area contributed by atoms with E-state index in [2.05, 4.69) is 15.5 Å². The summed E-state index contributed by atoms with van der Waals surface area (Å²) in [6.45, 7) is 1.87. The lowest BCUT2D eigenvalue weighted by atomic mass is 9.86. The molecule has 102 valence electrons. The Morgan fingerprint density at radius 1 is 1.45 bits per heavy atom. The molecule has 3 rings (SSSR count). The quantitative estimate of drug-likeness (QED) is 0.645. The number of carbonyl (C=O) groups is 1. The van der Waals surface area contributed by atoms with Crippen molar-refractivity contribution in [3.8, 4) is 0 Å². The normalized spacial score (nSPS) is 17.4. The van der Waals surface area contributed by atoms with Gasteiger partial charge >= 0.3 is 0 Å². The van der Waals surface area contributed by atoms with Crippen LogP contribution in [0.2, 0.25) is 0 Å². The molecule has 1 aromatic heterocycles. The second-order valence-electron chi connectivity index (χ2n) is 4.77. The van der Waals surface area contributed by atoms with Crippen molar-refractivity contribution in [1.82, 2.24) is 10.2 Å². The molecule has 0 saturated heterocycles. The van der Waals surface area contributed by atoms with Crippen LogP contribution in [0.1, 0.15) is 29.2 Å². The van der Waals surface area contributed by atoms with Crippen LogP contribution in [0.25, 0.3) is 0 Å². The number of aryl methyl sites for hydroxylation is 1. The Kier molecular flexibility index (Phi) is 2.74. The fraction of sp³-hybridized carbons (Fsp3) is 0.231. The standard InChI is InChI=1S/C13H12N4O3/c1-7-12-10(6-11(18)14-13(12)16-15-7)8-3-2-4-9(5-8)17(19)20/h2-5,10H,6H2,1H3,(H2,14,15,16,18)/t10-/m1/s1. The molecule has 7 heteroatoms. The van der Waals surface area contributed by atoms with Crippen LogP contribution in [-0.2, 0) is 4.79 Å². The van der Waals surface area contributed by atoms with Crippen molar-refractivity contribution in [1.29, 1.82) is 0 Å². The summed E-state index contributed by atoms with van der Waals surface area (Å²) in [5.74, 6) is 0.160. The minimum atomic E-state index is -0.435. The number of hydrogen-bond donors (Lipinski definition) is 2. The summed E-state index contributed by atoms with van der Waals surface area (Å²) in [6, 6.07) is 6.39. The fourth-order valence-corrected chi connectivity index (χ4v) is 2.57. The summed E-state index contributed by atoms with van der Waals surface area (Å²) < 4.78 is 0. The Labute approximate surface area is 114 Å². The summed E-state index contributed by atoms with van der Waals surface area (Å²) in [5, 5.41) is 20.5. The summed E-state index contributed by atoms with van der Waals surface area (Å²) in [6.07, 6.45) is 0.258. The van der Waals surface area contributed by atoms with Gasteiger partial charge in [-0.3, -0.25) is 20.0 Å². The molecule has 20 heavy (non-hydrogen) atoms. The van der Waals surface area contributed by atoms with Gasteiger partial charge in [0.2, 0.25) is 5.91 Å². The summed E-state index contributed by atoms with van der Waals surface area (Å²) in [4.78, 5) is 22.2. The van der Waals surface area contributed by atoms with E-state index in [0.717, 1.165) is 16.8 Å². The molecule has 0 radical (unpaired) electrons. The predicted molar refractivity (Wildman–Crippen MR) is 71.5 cm³/mol. The molecule has 2 N–H and O–H groups in total. The number of amides is 1. The second-order valence-corrected chi connectivity index (χ2v) is 4.77. The number of aromatic amines is 1. The van der Waals surface area contributed by atoms with E-state index in [4.69, 9.17) is 0 Å². The Hall–Kier alpha value is -2.70. The Morgan fingerprint density at radius 2 is 2.25 bits per heavy atom. The minimum Gasteiger partial charge on any atom is -0.309 e. The van der Waals surface area contributed by atoms with Crippen molar-refractivity contribution in [3.63, 3.8) is 0 Å². The zero-order chi connectivity index (χ0) is 14.3. The number of benzene rings is 1. The van der Waals surface area contributed by atoms with Crippen molar-refractivity contribution in [3.05, 3.63) is 51.2 Å². The average Bonchev–Trinajstić information content (AvgIpc) is 2.79. The van der Waals surface area contributed by atoms with Gasteiger partial charge in [-0.25, -0.2) is 0 Å². The van der Waals surface area contributed by atoms with Crippen molar-refractivity contribution in [2.45, 2.75) is 19.3 Å². The van der Waals surface area contributed by atoms with Gasteiger partial charge in [-0.05, 0) is 12.5 Å². The van der Waals surface area contributed by atoms with Crippen LogP contribution in [0.4, 0.5) is 11.5 Å². The number of nitro groups is 1. The van der Waals surface area contributed by atoms with Crippen LogP contribution in [0.5, 0.6) is 0 Å². The molecule has 0 saturated carbocycles. The third kappa shape index (κ3) is 1.93. The van der Waals surface area contributed by atoms with E-state index < -0.39 is 4.92 Å². The molecule has 0 unspecified atom stereocenters. The van der Waals surface area contributed by atoms with E-state index in [0.29, 0.717) is 5.82 Å². The molecule has 1 aliphatic heterocycles. The molecule has 0 aliphatic carbocycles. The SMILES string of the molecule is Cc1[nH]nc2c1[C@@H](c1cccc([N+](=O)[O-])c1)CC(=O)N2. The molecule has 2 heterocycles. The lowest BCUT2D eigenvalue weighted by Crippen LogP contribution is -2.23. The number of nitrogens with one attached hydrogen (secondary N) is 2. The number of hydrogen-bond acceptors (Lipinski definition) is 4. The topological polar surface area (TPSA) is 101 Å². The van der Waals surface area contributed by atoms with E-state index in [1.165, 1.54) is 12.1 Å². The molecule has 7 nitrogen and oxygen atoms in total. The van der Waals surface area contributed by atoms with Crippen LogP contribution >= 0.6 is 0 Å². The summed E-state index contributed by atoms with van der Waals surface area (Å²) in [7, 11) is 0. The molecule has 1 amide bonds. The van der Waals surface area contributed by atoms with Gasteiger partial charge in [0.25, 0.3) is 5.69 Å². The number of carbonyl (C=O) groups excluding carboxylic acids is 1. The van der Waals surface area contributed by atoms with Gasteiger partial charge in [-0.2, -0.15) is 5.10 Å². The lowest BCUT2D eigenvalue weighted by Gasteiger charge is -2.22. The zero-order valence-electron chi connectivity index (χ0n) is 10.7. The number of nitro benzene ring substituents is 1. The first-order chi connectivity index (χ1) is 9.56. The summed E-state index contributed by atoms with van der Waals surface area (Å²) in [5.41, 5.74) is 2.53. The maximum Gasteiger partial charge on any atom is 0.269 e. The van der Waals surface area contributed by atoms with E-state index in [1.54, 1.807) is 12.1 Å². The van der Waals surface area contributed by atoms with Gasteiger partial charge in [0.1, 0.15) is 0 Å². The maximum absolute atomic E-state index is 11.7. The molecule has 1 aromatic carbocycles. The van der Waals surface area contributed by atoms with E-state index in [-0.39, 0.29) is 23.9 Å². The van der Waals surface area contributed by atoms with E-state index >= 15 is 0 Å². The average molecular weight is 272 g/mol. The van der Waals surface area contributed by atoms with Gasteiger partial charge < -0.3 is 5.32 Å². The number of aromatic nitrogens is 2. The van der Waals surface area contributed by atoms with Crippen LogP contribution in [0.3, 0.4) is 0 Å². The number of rotatable bonds is 2. The van der Waals surface area contributed by atoms with Crippen molar-refractivity contribution >= 4 is 17.4 Å². The first-order valence-electron chi connectivity index (χ1n) is 6.15. The molecular weight excluding hydrogens is 260 g/mol. The second kappa shape index (κ2) is 4.44. The highest BCUT2D eigenvalue weighted by molar-refractivity contribution is 5.94. The van der Waals surface area contributed by atoms with Gasteiger partial charge in [-0.15, -0.1) is 0 Å². The highest BCUT2D eigenvalue weighted by Crippen LogP contribution is 2.38. The first-order valence-corrected chi connectivity index (χ1v) is 6.15. The minimum absolute atomic E-state index is 0.0242. The Morgan fingerprint density at radius 3 is 3.00 bits per heavy atom. The fourth-order valence-electron chi connectivity index (χ4n) is 2.57. The molecule has 0 fully saturated rings. The molecule has 2 aromatic rings. The van der Waals surface area contributed by atoms with Crippen molar-refractivity contribution in [2.75, 3.05) is 5.32 Å². The van der Waals surface area contributed by atoms with Gasteiger partial charge in [0, 0.05) is 35.7 Å². The number of non-ortho nitro benzene ring substituents is 1. The van der Waals surface area contributed by atoms with Crippen molar-refractivity contribution in [2.24, 2.45) is 0 Å². The number of anilines is 1. The predicted octanol–water partition coefficient (Wildman–Crippen LogP) is 2.10. The largest absolute Gasteiger partial charge is 0.309 e. The van der Waals surface area contributed by atoms with Gasteiger partial charge in [0.15, 0.2) is 5.82 Å². The van der Waals surface area contributed by atoms with Crippen LogP contribution in [0, 0.1) is 17.0 Å². The number of H-pyrrole nitrogens is 1. The Bertz CT molecular complexity index is 707. The van der Waals surface area contributed by atoms with Crippen molar-refractivity contribution < 1.29 is 9.72 Å². The van der Waals surface area contributed by atoms with Crippen LogP contribution in [-0.4, -0.2) is 21.0 Å². The maximum atomic E-state index is 11.7. The van der Waals surface area contributed by atoms with Crippen LogP contribution < -0.4 is 5.32 Å². The third-order valence-corrected chi connectivity index (χ3v) is 3.47. The van der Waals surface area contributed by atoms with Gasteiger partial charge in [0.05, 0.1) is 4.92 Å². The molecule has 0 spiro atoms. The number of fused-ring (bicyclic) bond motifs is 1. The molecular formula is C13H12N4O3. The van der Waals surface area contributed by atoms with E-state index in [1.807, 2.05) is 6.92 Å². The van der Waals surface area contributed by atoms with E-state index in [9.17, 15) is 14.9 Å². The smallest absolute Gasteiger partial charge is 0.269 e. The van der Waals surface area contributed by atoms with Gasteiger partial charge in [-0.1, -0.05) is 12.1 Å².